The van der Waals surface area contributed by atoms with Gasteiger partial charge in [0.2, 0.25) is 0 Å². The van der Waals surface area contributed by atoms with Crippen molar-refractivity contribution in [1.82, 2.24) is 4.90 Å². The van der Waals surface area contributed by atoms with E-state index in [0.29, 0.717) is 19.5 Å². The van der Waals surface area contributed by atoms with Gasteiger partial charge in [-0.3, -0.25) is 0 Å². The second kappa shape index (κ2) is 8.03. The highest BCUT2D eigenvalue weighted by Gasteiger charge is 2.20. The molecule has 0 aliphatic rings. The second-order valence-corrected chi connectivity index (χ2v) is 6.54. The summed E-state index contributed by atoms with van der Waals surface area (Å²) in [7, 11) is 0. The molecule has 0 heterocycles. The Hall–Kier alpha value is -1.55. The molecule has 0 fully saturated rings. The van der Waals surface area contributed by atoms with Crippen molar-refractivity contribution in [3.05, 3.63) is 29.8 Å². The van der Waals surface area contributed by atoms with Crippen molar-refractivity contribution in [1.29, 1.82) is 0 Å². The lowest BCUT2D eigenvalue weighted by Gasteiger charge is -2.30. The van der Waals surface area contributed by atoms with Crippen LogP contribution in [-0.4, -0.2) is 35.7 Å². The maximum atomic E-state index is 12.4. The molecule has 0 spiro atoms. The smallest absolute Gasteiger partial charge is 0.321 e. The van der Waals surface area contributed by atoms with Crippen LogP contribution in [-0.2, 0) is 6.42 Å². The molecular formula is C17H28N2O2. The number of aliphatic hydroxyl groups excluding tert-OH is 1. The fraction of sp³-hybridized carbons (Fsp3) is 0.588. The molecule has 0 aliphatic carbocycles. The number of hydrogen-bond donors (Lipinski definition) is 2. The van der Waals surface area contributed by atoms with E-state index in [0.717, 1.165) is 12.1 Å². The van der Waals surface area contributed by atoms with Gasteiger partial charge < -0.3 is 15.3 Å². The Kier molecular flexibility index (Phi) is 6.69. The number of carbonyl (C=O) groups is 1. The van der Waals surface area contributed by atoms with Crippen molar-refractivity contribution in [2.75, 3.05) is 25.0 Å². The number of aryl methyl sites for hydroxylation is 1. The molecular weight excluding hydrogens is 264 g/mol. The first-order valence-electron chi connectivity index (χ1n) is 7.61. The van der Waals surface area contributed by atoms with E-state index in [-0.39, 0.29) is 18.1 Å². The van der Waals surface area contributed by atoms with Gasteiger partial charge in [0, 0.05) is 25.4 Å². The highest BCUT2D eigenvalue weighted by molar-refractivity contribution is 5.89. The molecule has 0 unspecified atom stereocenters. The van der Waals surface area contributed by atoms with Gasteiger partial charge in [-0.05, 0) is 36.0 Å². The molecule has 0 radical (unpaired) electrons. The molecule has 0 aliphatic heterocycles. The van der Waals surface area contributed by atoms with E-state index in [1.165, 1.54) is 5.56 Å². The van der Waals surface area contributed by atoms with E-state index >= 15 is 0 Å². The minimum atomic E-state index is -0.109. The highest BCUT2D eigenvalue weighted by Crippen LogP contribution is 2.17. The average molecular weight is 292 g/mol. The predicted molar refractivity (Wildman–Crippen MR) is 87.6 cm³/mol. The van der Waals surface area contributed by atoms with Gasteiger partial charge in [0.05, 0.1) is 0 Å². The van der Waals surface area contributed by atoms with Crippen LogP contribution in [0.1, 0.15) is 39.7 Å². The summed E-state index contributed by atoms with van der Waals surface area (Å²) in [5.41, 5.74) is 2.08. The third-order valence-electron chi connectivity index (χ3n) is 3.15. The third-order valence-corrected chi connectivity index (χ3v) is 3.15. The van der Waals surface area contributed by atoms with Crippen LogP contribution < -0.4 is 5.32 Å². The van der Waals surface area contributed by atoms with Crippen LogP contribution in [0, 0.1) is 5.41 Å². The van der Waals surface area contributed by atoms with Gasteiger partial charge in [-0.15, -0.1) is 0 Å². The number of nitrogens with zero attached hydrogens (tertiary/aromatic N) is 1. The van der Waals surface area contributed by atoms with Crippen molar-refractivity contribution >= 4 is 11.7 Å². The number of carbonyl (C=O) groups excluding carboxylic acids is 1. The van der Waals surface area contributed by atoms with Gasteiger partial charge in [0.25, 0.3) is 0 Å². The molecule has 0 aromatic heterocycles. The second-order valence-electron chi connectivity index (χ2n) is 6.54. The Morgan fingerprint density at radius 1 is 1.24 bits per heavy atom. The molecule has 4 nitrogen and oxygen atoms in total. The zero-order valence-electron chi connectivity index (χ0n) is 13.6. The first-order valence-corrected chi connectivity index (χ1v) is 7.61. The van der Waals surface area contributed by atoms with E-state index in [4.69, 9.17) is 5.11 Å². The summed E-state index contributed by atoms with van der Waals surface area (Å²) in [4.78, 5) is 14.2. The lowest BCUT2D eigenvalue weighted by atomic mass is 9.96. The van der Waals surface area contributed by atoms with Crippen LogP contribution in [0.5, 0.6) is 0 Å². The van der Waals surface area contributed by atoms with E-state index in [1.807, 2.05) is 24.3 Å². The van der Waals surface area contributed by atoms with Crippen molar-refractivity contribution in [2.24, 2.45) is 5.41 Å². The van der Waals surface area contributed by atoms with Crippen LogP contribution in [0.4, 0.5) is 10.5 Å². The number of hydrogen-bond acceptors (Lipinski definition) is 2. The SMILES string of the molecule is CCc1ccc(NC(=O)N(CCCO)CC(C)(C)C)cc1. The van der Waals surface area contributed by atoms with Crippen LogP contribution in [0.2, 0.25) is 0 Å². The number of anilines is 1. The lowest BCUT2D eigenvalue weighted by molar-refractivity contribution is 0.176. The molecule has 0 atom stereocenters. The number of nitrogens with one attached hydrogen (secondary N) is 1. The van der Waals surface area contributed by atoms with Crippen molar-refractivity contribution in [3.63, 3.8) is 0 Å². The zero-order valence-corrected chi connectivity index (χ0v) is 13.6. The zero-order chi connectivity index (χ0) is 15.9. The van der Waals surface area contributed by atoms with Gasteiger partial charge in [0.15, 0.2) is 0 Å². The summed E-state index contributed by atoms with van der Waals surface area (Å²) >= 11 is 0. The molecule has 1 aromatic rings. The summed E-state index contributed by atoms with van der Waals surface area (Å²) in [6, 6.07) is 7.80. The number of rotatable bonds is 6. The number of benzene rings is 1. The lowest BCUT2D eigenvalue weighted by Crippen LogP contribution is -2.41. The minimum Gasteiger partial charge on any atom is -0.396 e. The van der Waals surface area contributed by atoms with Crippen LogP contribution in [0.15, 0.2) is 24.3 Å². The number of aliphatic hydroxyl groups is 1. The molecule has 2 N–H and O–H groups in total. The van der Waals surface area contributed by atoms with E-state index < -0.39 is 0 Å². The minimum absolute atomic E-state index is 0.0267. The fourth-order valence-electron chi connectivity index (χ4n) is 2.11. The summed E-state index contributed by atoms with van der Waals surface area (Å²) in [5, 5.41) is 11.9. The maximum Gasteiger partial charge on any atom is 0.321 e. The first-order chi connectivity index (χ1) is 9.85. The summed E-state index contributed by atoms with van der Waals surface area (Å²) in [6.45, 7) is 9.72. The summed E-state index contributed by atoms with van der Waals surface area (Å²) in [6.07, 6.45) is 1.58. The number of amides is 2. The molecule has 4 heteroatoms. The van der Waals surface area contributed by atoms with Crippen LogP contribution in [0.25, 0.3) is 0 Å². The monoisotopic (exact) mass is 292 g/mol. The largest absolute Gasteiger partial charge is 0.396 e. The fourth-order valence-corrected chi connectivity index (χ4v) is 2.11. The van der Waals surface area contributed by atoms with E-state index in [9.17, 15) is 4.79 Å². The quantitative estimate of drug-likeness (QED) is 0.843. The number of urea groups is 1. The predicted octanol–water partition coefficient (Wildman–Crippen LogP) is 3.51. The molecule has 118 valence electrons. The Morgan fingerprint density at radius 2 is 1.86 bits per heavy atom. The molecule has 0 bridgehead atoms. The molecule has 2 amide bonds. The van der Waals surface area contributed by atoms with Gasteiger partial charge in [-0.2, -0.15) is 0 Å². The molecule has 21 heavy (non-hydrogen) atoms. The summed E-state index contributed by atoms with van der Waals surface area (Å²) in [5.74, 6) is 0. The Morgan fingerprint density at radius 3 is 2.33 bits per heavy atom. The highest BCUT2D eigenvalue weighted by atomic mass is 16.3. The topological polar surface area (TPSA) is 52.6 Å². The van der Waals surface area contributed by atoms with Crippen molar-refractivity contribution in [2.45, 2.75) is 40.5 Å². The molecule has 0 saturated heterocycles. The standard InChI is InChI=1S/C17H28N2O2/c1-5-14-7-9-15(10-8-14)18-16(21)19(11-6-12-20)13-17(2,3)4/h7-10,20H,5-6,11-13H2,1-4H3,(H,18,21). The Balaban J connectivity index is 2.69. The Bertz CT molecular complexity index is 435. The van der Waals surface area contributed by atoms with Gasteiger partial charge in [-0.1, -0.05) is 39.8 Å². The maximum absolute atomic E-state index is 12.4. The van der Waals surface area contributed by atoms with Crippen LogP contribution in [0.3, 0.4) is 0 Å². The van der Waals surface area contributed by atoms with Crippen molar-refractivity contribution < 1.29 is 9.90 Å². The normalized spacial score (nSPS) is 11.3. The third kappa shape index (κ3) is 6.63. The molecule has 0 saturated carbocycles. The van der Waals surface area contributed by atoms with Crippen molar-refractivity contribution in [3.8, 4) is 0 Å². The van der Waals surface area contributed by atoms with E-state index in [1.54, 1.807) is 4.90 Å². The Labute approximate surface area is 128 Å². The van der Waals surface area contributed by atoms with Gasteiger partial charge >= 0.3 is 6.03 Å². The molecule has 1 aromatic carbocycles. The van der Waals surface area contributed by atoms with Gasteiger partial charge in [-0.25, -0.2) is 4.79 Å². The average Bonchev–Trinajstić information content (AvgIpc) is 2.43. The van der Waals surface area contributed by atoms with Gasteiger partial charge in [0.1, 0.15) is 0 Å². The molecule has 1 rings (SSSR count). The van der Waals surface area contributed by atoms with E-state index in [2.05, 4.69) is 33.0 Å². The summed E-state index contributed by atoms with van der Waals surface area (Å²) < 4.78 is 0. The van der Waals surface area contributed by atoms with Crippen LogP contribution >= 0.6 is 0 Å². The first kappa shape index (κ1) is 17.5.